The van der Waals surface area contributed by atoms with Gasteiger partial charge >= 0.3 is 0 Å². The fourth-order valence-electron chi connectivity index (χ4n) is 3.61. The summed E-state index contributed by atoms with van der Waals surface area (Å²) < 4.78 is 0. The van der Waals surface area contributed by atoms with Crippen molar-refractivity contribution in [3.05, 3.63) is 56.3 Å². The average molecular weight is 396 g/mol. The fourth-order valence-corrected chi connectivity index (χ4v) is 4.76. The van der Waals surface area contributed by atoms with Crippen LogP contribution in [-0.4, -0.2) is 32.4 Å². The summed E-state index contributed by atoms with van der Waals surface area (Å²) in [5.74, 6) is -0.185. The third kappa shape index (κ3) is 3.85. The Bertz CT molecular complexity index is 996. The quantitative estimate of drug-likeness (QED) is 0.718. The summed E-state index contributed by atoms with van der Waals surface area (Å²) in [5, 5.41) is 12.9. The van der Waals surface area contributed by atoms with Crippen molar-refractivity contribution in [2.45, 2.75) is 52.9 Å². The van der Waals surface area contributed by atoms with Crippen LogP contribution in [-0.2, 0) is 19.3 Å². The van der Waals surface area contributed by atoms with E-state index in [9.17, 15) is 4.79 Å². The molecule has 3 aromatic rings. The Morgan fingerprint density at radius 3 is 2.79 bits per heavy atom. The van der Waals surface area contributed by atoms with Crippen molar-refractivity contribution in [2.75, 3.05) is 6.54 Å². The minimum atomic E-state index is -0.185. The van der Waals surface area contributed by atoms with Gasteiger partial charge in [-0.15, -0.1) is 16.4 Å². The van der Waals surface area contributed by atoms with Crippen molar-refractivity contribution in [1.82, 2.24) is 25.3 Å². The molecular weight excluding hydrogens is 370 g/mol. The average Bonchev–Trinajstić information content (AvgIpc) is 3.24. The number of benzene rings is 1. The molecule has 0 spiro atoms. The number of thiazole rings is 1. The van der Waals surface area contributed by atoms with Crippen LogP contribution in [0.25, 0.3) is 5.69 Å². The highest BCUT2D eigenvalue weighted by atomic mass is 32.1. The molecule has 0 bridgehead atoms. The lowest BCUT2D eigenvalue weighted by Crippen LogP contribution is -2.26. The van der Waals surface area contributed by atoms with Gasteiger partial charge in [0, 0.05) is 17.8 Å². The first kappa shape index (κ1) is 18.8. The number of hydrogen-bond acceptors (Lipinski definition) is 5. The molecule has 6 nitrogen and oxygen atoms in total. The molecule has 0 unspecified atom stereocenters. The summed E-state index contributed by atoms with van der Waals surface area (Å²) >= 11 is 1.80. The van der Waals surface area contributed by atoms with E-state index in [2.05, 4.69) is 28.5 Å². The summed E-state index contributed by atoms with van der Waals surface area (Å²) in [6, 6.07) is 6.09. The predicted molar refractivity (Wildman–Crippen MR) is 110 cm³/mol. The third-order valence-electron chi connectivity index (χ3n) is 5.08. The van der Waals surface area contributed by atoms with Crippen LogP contribution in [0.2, 0.25) is 0 Å². The molecule has 1 aromatic carbocycles. The van der Waals surface area contributed by atoms with Crippen LogP contribution in [0.15, 0.2) is 18.2 Å². The van der Waals surface area contributed by atoms with Crippen LogP contribution in [0.5, 0.6) is 0 Å². The Kier molecular flexibility index (Phi) is 5.26. The molecule has 1 aliphatic rings. The summed E-state index contributed by atoms with van der Waals surface area (Å²) in [6.45, 7) is 6.45. The van der Waals surface area contributed by atoms with E-state index in [0.717, 1.165) is 35.5 Å². The molecule has 28 heavy (non-hydrogen) atoms. The molecule has 2 heterocycles. The lowest BCUT2D eigenvalue weighted by molar-refractivity contribution is 0.0948. The number of carbonyl (C=O) groups excluding carboxylic acids is 1. The Morgan fingerprint density at radius 2 is 2.00 bits per heavy atom. The van der Waals surface area contributed by atoms with Crippen molar-refractivity contribution in [1.29, 1.82) is 0 Å². The number of carbonyl (C=O) groups is 1. The van der Waals surface area contributed by atoms with E-state index in [1.165, 1.54) is 29.0 Å². The Morgan fingerprint density at radius 1 is 1.18 bits per heavy atom. The molecule has 0 saturated heterocycles. The highest BCUT2D eigenvalue weighted by Gasteiger charge is 2.18. The molecule has 7 heteroatoms. The molecular formula is C21H25N5OS. The second kappa shape index (κ2) is 7.83. The molecule has 4 rings (SSSR count). The predicted octanol–water partition coefficient (Wildman–Crippen LogP) is 3.50. The van der Waals surface area contributed by atoms with Gasteiger partial charge in [-0.3, -0.25) is 4.79 Å². The van der Waals surface area contributed by atoms with Gasteiger partial charge in [-0.05, 0) is 58.1 Å². The van der Waals surface area contributed by atoms with Crippen LogP contribution in [0, 0.1) is 20.8 Å². The molecule has 146 valence electrons. The van der Waals surface area contributed by atoms with E-state index in [1.54, 1.807) is 16.1 Å². The topological polar surface area (TPSA) is 72.7 Å². The van der Waals surface area contributed by atoms with Gasteiger partial charge in [-0.1, -0.05) is 17.7 Å². The minimum absolute atomic E-state index is 0.185. The molecule has 0 aliphatic heterocycles. The second-order valence-corrected chi connectivity index (χ2v) is 8.57. The largest absolute Gasteiger partial charge is 0.350 e. The SMILES string of the molecule is Cc1ccc(-n2nc(C)c(C(=O)NCCc3nc4c(s3)CCCC4)n2)c(C)c1. The van der Waals surface area contributed by atoms with Gasteiger partial charge in [0.15, 0.2) is 5.69 Å². The second-order valence-electron chi connectivity index (χ2n) is 7.40. The fraction of sp³-hybridized carbons (Fsp3) is 0.429. The van der Waals surface area contributed by atoms with Gasteiger partial charge in [0.05, 0.1) is 22.1 Å². The number of aryl methyl sites for hydroxylation is 5. The first-order valence-electron chi connectivity index (χ1n) is 9.78. The van der Waals surface area contributed by atoms with Gasteiger partial charge in [-0.2, -0.15) is 9.90 Å². The summed E-state index contributed by atoms with van der Waals surface area (Å²) in [7, 11) is 0. The van der Waals surface area contributed by atoms with Gasteiger partial charge in [0.2, 0.25) is 0 Å². The third-order valence-corrected chi connectivity index (χ3v) is 6.30. The van der Waals surface area contributed by atoms with E-state index in [0.29, 0.717) is 17.9 Å². The first-order valence-corrected chi connectivity index (χ1v) is 10.6. The number of nitrogens with one attached hydrogen (secondary N) is 1. The van der Waals surface area contributed by atoms with Crippen LogP contribution in [0.3, 0.4) is 0 Å². The number of amides is 1. The van der Waals surface area contributed by atoms with Crippen LogP contribution in [0.1, 0.15) is 55.7 Å². The van der Waals surface area contributed by atoms with E-state index in [-0.39, 0.29) is 5.91 Å². The van der Waals surface area contributed by atoms with Gasteiger partial charge in [0.1, 0.15) is 0 Å². The van der Waals surface area contributed by atoms with Crippen molar-refractivity contribution in [3.8, 4) is 5.69 Å². The zero-order chi connectivity index (χ0) is 19.7. The van der Waals surface area contributed by atoms with Gasteiger partial charge < -0.3 is 5.32 Å². The van der Waals surface area contributed by atoms with E-state index in [4.69, 9.17) is 4.98 Å². The molecule has 1 aliphatic carbocycles. The van der Waals surface area contributed by atoms with E-state index < -0.39 is 0 Å². The molecule has 2 aromatic heterocycles. The van der Waals surface area contributed by atoms with Crippen LogP contribution in [0.4, 0.5) is 0 Å². The summed E-state index contributed by atoms with van der Waals surface area (Å²) in [6.07, 6.45) is 5.51. The molecule has 0 atom stereocenters. The molecule has 0 fully saturated rings. The van der Waals surface area contributed by atoms with Gasteiger partial charge in [0.25, 0.3) is 5.91 Å². The number of aromatic nitrogens is 4. The number of rotatable bonds is 5. The maximum absolute atomic E-state index is 12.6. The maximum atomic E-state index is 12.6. The smallest absolute Gasteiger partial charge is 0.273 e. The zero-order valence-electron chi connectivity index (χ0n) is 16.6. The maximum Gasteiger partial charge on any atom is 0.273 e. The Balaban J connectivity index is 1.41. The molecule has 0 saturated carbocycles. The lowest BCUT2D eigenvalue weighted by Gasteiger charge is -2.06. The Labute approximate surface area is 169 Å². The Hall–Kier alpha value is -2.54. The van der Waals surface area contributed by atoms with E-state index in [1.807, 2.05) is 26.0 Å². The van der Waals surface area contributed by atoms with Crippen molar-refractivity contribution >= 4 is 17.2 Å². The first-order chi connectivity index (χ1) is 13.5. The van der Waals surface area contributed by atoms with Crippen LogP contribution < -0.4 is 5.32 Å². The normalized spacial score (nSPS) is 13.4. The van der Waals surface area contributed by atoms with Crippen molar-refractivity contribution < 1.29 is 4.79 Å². The number of nitrogens with zero attached hydrogens (tertiary/aromatic N) is 4. The van der Waals surface area contributed by atoms with Gasteiger partial charge in [-0.25, -0.2) is 4.98 Å². The highest BCUT2D eigenvalue weighted by Crippen LogP contribution is 2.26. The molecule has 1 N–H and O–H groups in total. The minimum Gasteiger partial charge on any atom is -0.350 e. The number of fused-ring (bicyclic) bond motifs is 1. The summed E-state index contributed by atoms with van der Waals surface area (Å²) in [5.41, 5.74) is 5.42. The lowest BCUT2D eigenvalue weighted by atomic mass is 10.0. The number of hydrogen-bond donors (Lipinski definition) is 1. The van der Waals surface area contributed by atoms with E-state index >= 15 is 0 Å². The van der Waals surface area contributed by atoms with Crippen molar-refractivity contribution in [3.63, 3.8) is 0 Å². The summed E-state index contributed by atoms with van der Waals surface area (Å²) in [4.78, 5) is 20.3. The molecule has 0 radical (unpaired) electrons. The molecule has 1 amide bonds. The standard InChI is InChI=1S/C21H25N5OS/c1-13-8-9-17(14(2)12-13)26-24-15(3)20(25-26)21(27)22-11-10-19-23-16-6-4-5-7-18(16)28-19/h8-9,12H,4-7,10-11H2,1-3H3,(H,22,27). The zero-order valence-corrected chi connectivity index (χ0v) is 17.4. The van der Waals surface area contributed by atoms with Crippen molar-refractivity contribution in [2.24, 2.45) is 0 Å². The highest BCUT2D eigenvalue weighted by molar-refractivity contribution is 7.11. The monoisotopic (exact) mass is 395 g/mol. The van der Waals surface area contributed by atoms with Crippen LogP contribution >= 0.6 is 11.3 Å².